The Labute approximate surface area is 285 Å². The highest BCUT2D eigenvalue weighted by molar-refractivity contribution is 5.74. The van der Waals surface area contributed by atoms with Crippen LogP contribution in [0.3, 0.4) is 0 Å². The minimum Gasteiger partial charge on any atom is -0.347 e. The zero-order valence-electron chi connectivity index (χ0n) is 29.4. The van der Waals surface area contributed by atoms with E-state index >= 15 is 0 Å². The number of rotatable bonds is 7. The smallest absolute Gasteiger partial charge is 0.0451 e. The number of nitrogens with zero attached hydrogens (tertiary/aromatic N) is 1. The predicted molar refractivity (Wildman–Crippen MR) is 203 cm³/mol. The molecule has 0 bridgehead atoms. The fraction of sp³-hybridized carbons (Fsp3) is 0.478. The molecule has 5 aliphatic rings. The minimum absolute atomic E-state index is 0.101. The van der Waals surface area contributed by atoms with Crippen molar-refractivity contribution in [3.8, 4) is 0 Å². The number of allylic oxidation sites excluding steroid dienone is 11. The van der Waals surface area contributed by atoms with Crippen LogP contribution in [0.15, 0.2) is 96.8 Å². The second-order valence-electron chi connectivity index (χ2n) is 15.3. The molecule has 0 unspecified atom stereocenters. The molecule has 1 spiro atoms. The SMILES string of the molecule is C=C(/C=C/C=C/C=C/C=C/C=C1/N(C)c2ccc3c(c2C12CCCCC2)CCCC3)C1(c2c(C)ccc3c2CCCC3)CCCCC1. The van der Waals surface area contributed by atoms with Gasteiger partial charge in [0.15, 0.2) is 0 Å². The molecule has 2 aromatic rings. The molecule has 1 aliphatic heterocycles. The fourth-order valence-corrected chi connectivity index (χ4v) is 10.4. The number of hydrogen-bond donors (Lipinski definition) is 0. The predicted octanol–water partition coefficient (Wildman–Crippen LogP) is 12.0. The van der Waals surface area contributed by atoms with Crippen LogP contribution in [-0.2, 0) is 36.5 Å². The van der Waals surface area contributed by atoms with Gasteiger partial charge in [-0.15, -0.1) is 0 Å². The number of likely N-dealkylation sites (N-methyl/N-ethyl adjacent to an activating group) is 1. The third-order valence-electron chi connectivity index (χ3n) is 12.7. The van der Waals surface area contributed by atoms with Gasteiger partial charge in [0.05, 0.1) is 0 Å². The van der Waals surface area contributed by atoms with E-state index in [9.17, 15) is 0 Å². The molecule has 1 heterocycles. The first-order valence-electron chi connectivity index (χ1n) is 19.1. The molecule has 7 rings (SSSR count). The van der Waals surface area contributed by atoms with E-state index in [0.717, 1.165) is 0 Å². The van der Waals surface area contributed by atoms with E-state index in [0.29, 0.717) is 0 Å². The Kier molecular flexibility index (Phi) is 9.63. The van der Waals surface area contributed by atoms with E-state index in [1.807, 2.05) is 0 Å². The van der Waals surface area contributed by atoms with Gasteiger partial charge in [0.1, 0.15) is 0 Å². The molecule has 0 saturated heterocycles. The fourth-order valence-electron chi connectivity index (χ4n) is 10.4. The molecule has 4 aliphatic carbocycles. The first-order valence-corrected chi connectivity index (χ1v) is 19.1. The van der Waals surface area contributed by atoms with Crippen LogP contribution in [-0.4, -0.2) is 7.05 Å². The van der Waals surface area contributed by atoms with Crippen molar-refractivity contribution in [3.05, 3.63) is 136 Å². The monoisotopic (exact) mass is 623 g/mol. The molecule has 2 saturated carbocycles. The van der Waals surface area contributed by atoms with E-state index in [-0.39, 0.29) is 10.8 Å². The summed E-state index contributed by atoms with van der Waals surface area (Å²) in [5, 5.41) is 0. The molecular formula is C46H57N. The van der Waals surface area contributed by atoms with Crippen LogP contribution >= 0.6 is 0 Å². The Morgan fingerprint density at radius 2 is 1.17 bits per heavy atom. The lowest BCUT2D eigenvalue weighted by Crippen LogP contribution is -2.33. The lowest BCUT2D eigenvalue weighted by Gasteiger charge is -2.42. The summed E-state index contributed by atoms with van der Waals surface area (Å²) in [7, 11) is 2.31. The lowest BCUT2D eigenvalue weighted by atomic mass is 9.61. The number of fused-ring (bicyclic) bond motifs is 5. The van der Waals surface area contributed by atoms with Crippen LogP contribution in [0.5, 0.6) is 0 Å². The largest absolute Gasteiger partial charge is 0.347 e. The van der Waals surface area contributed by atoms with Crippen molar-refractivity contribution in [1.29, 1.82) is 0 Å². The van der Waals surface area contributed by atoms with E-state index in [2.05, 4.69) is 97.8 Å². The molecule has 0 N–H and O–H groups in total. The molecule has 1 heteroatoms. The summed E-state index contributed by atoms with van der Waals surface area (Å²) in [6, 6.07) is 9.67. The summed E-state index contributed by atoms with van der Waals surface area (Å²) in [4.78, 5) is 2.52. The van der Waals surface area contributed by atoms with Crippen LogP contribution in [0, 0.1) is 6.92 Å². The van der Waals surface area contributed by atoms with Crippen LogP contribution < -0.4 is 4.90 Å². The third kappa shape index (κ3) is 5.98. The maximum atomic E-state index is 4.73. The first-order chi connectivity index (χ1) is 23.1. The van der Waals surface area contributed by atoms with Crippen molar-refractivity contribution in [2.45, 2.75) is 133 Å². The van der Waals surface area contributed by atoms with Gasteiger partial charge in [0.2, 0.25) is 0 Å². The second-order valence-corrected chi connectivity index (χ2v) is 15.3. The summed E-state index contributed by atoms with van der Waals surface area (Å²) in [5.41, 5.74) is 16.0. The molecule has 2 aromatic carbocycles. The Bertz CT molecular complexity index is 1630. The molecule has 0 aromatic heterocycles. The van der Waals surface area contributed by atoms with Crippen molar-refractivity contribution < 1.29 is 0 Å². The van der Waals surface area contributed by atoms with Crippen molar-refractivity contribution >= 4 is 5.69 Å². The average molecular weight is 624 g/mol. The highest BCUT2D eigenvalue weighted by Gasteiger charge is 2.48. The average Bonchev–Trinajstić information content (AvgIpc) is 3.33. The van der Waals surface area contributed by atoms with E-state index in [1.54, 1.807) is 33.4 Å². The van der Waals surface area contributed by atoms with Gasteiger partial charge in [-0.1, -0.05) is 112 Å². The maximum absolute atomic E-state index is 4.73. The molecule has 1 nitrogen and oxygen atoms in total. The van der Waals surface area contributed by atoms with Gasteiger partial charge >= 0.3 is 0 Å². The molecule has 246 valence electrons. The van der Waals surface area contributed by atoms with Crippen LogP contribution in [0.1, 0.15) is 129 Å². The van der Waals surface area contributed by atoms with Gasteiger partial charge in [-0.2, -0.15) is 0 Å². The van der Waals surface area contributed by atoms with Crippen molar-refractivity contribution in [1.82, 2.24) is 0 Å². The van der Waals surface area contributed by atoms with E-state index < -0.39 is 0 Å². The molecular weight excluding hydrogens is 567 g/mol. The van der Waals surface area contributed by atoms with Crippen molar-refractivity contribution in [2.24, 2.45) is 0 Å². The normalized spacial score (nSPS) is 22.9. The standard InChI is InChI=1S/C46H57N/c1-35-27-28-37-22-13-15-24-39(37)43(35)45(31-17-9-18-32-45)36(2)21-11-7-5-4-6-8-12-26-42-46(33-19-10-20-34-46)44-40-25-16-14-23-38(40)29-30-41(44)47(42)3/h4-8,11-12,21,26-30H,2,9-10,13-20,22-25,31-34H2,1,3H3/b6-4+,7-5+,12-8+,21-11+,42-26+. The number of benzene rings is 2. The minimum atomic E-state index is 0.101. The van der Waals surface area contributed by atoms with Gasteiger partial charge in [-0.3, -0.25) is 0 Å². The summed E-state index contributed by atoms with van der Waals surface area (Å²) >= 11 is 0. The topological polar surface area (TPSA) is 3.24 Å². The highest BCUT2D eigenvalue weighted by atomic mass is 15.2. The highest BCUT2D eigenvalue weighted by Crippen LogP contribution is 2.57. The van der Waals surface area contributed by atoms with Crippen molar-refractivity contribution in [2.75, 3.05) is 11.9 Å². The van der Waals surface area contributed by atoms with Gasteiger partial charge < -0.3 is 4.90 Å². The van der Waals surface area contributed by atoms with Crippen LogP contribution in [0.4, 0.5) is 5.69 Å². The second kappa shape index (κ2) is 14.0. The summed E-state index contributed by atoms with van der Waals surface area (Å²) in [6.45, 7) is 7.08. The first kappa shape index (κ1) is 32.2. The Balaban J connectivity index is 1.05. The Morgan fingerprint density at radius 1 is 0.617 bits per heavy atom. The van der Waals surface area contributed by atoms with E-state index in [1.165, 1.54) is 138 Å². The van der Waals surface area contributed by atoms with Gasteiger partial charge in [-0.05, 0) is 141 Å². The molecule has 2 fully saturated rings. The maximum Gasteiger partial charge on any atom is 0.0451 e. The number of hydrogen-bond acceptors (Lipinski definition) is 1. The number of aryl methyl sites for hydroxylation is 3. The summed E-state index contributed by atoms with van der Waals surface area (Å²) < 4.78 is 0. The van der Waals surface area contributed by atoms with Gasteiger partial charge in [0, 0.05) is 29.3 Å². The van der Waals surface area contributed by atoms with E-state index in [4.69, 9.17) is 6.58 Å². The Morgan fingerprint density at radius 3 is 1.85 bits per heavy atom. The summed E-state index contributed by atoms with van der Waals surface area (Å²) in [5.74, 6) is 0. The zero-order valence-corrected chi connectivity index (χ0v) is 29.4. The lowest BCUT2D eigenvalue weighted by molar-refractivity contribution is 0.341. The van der Waals surface area contributed by atoms with Gasteiger partial charge in [-0.25, -0.2) is 0 Å². The molecule has 0 radical (unpaired) electrons. The van der Waals surface area contributed by atoms with Gasteiger partial charge in [0.25, 0.3) is 0 Å². The third-order valence-corrected chi connectivity index (χ3v) is 12.7. The van der Waals surface area contributed by atoms with Crippen molar-refractivity contribution in [3.63, 3.8) is 0 Å². The van der Waals surface area contributed by atoms with Crippen LogP contribution in [0.25, 0.3) is 0 Å². The van der Waals surface area contributed by atoms with Crippen LogP contribution in [0.2, 0.25) is 0 Å². The zero-order chi connectivity index (χ0) is 32.3. The number of anilines is 1. The molecule has 47 heavy (non-hydrogen) atoms. The quantitative estimate of drug-likeness (QED) is 0.277. The molecule has 0 atom stereocenters. The summed E-state index contributed by atoms with van der Waals surface area (Å²) in [6.07, 6.45) is 43.6. The Hall–Kier alpha value is -3.32. The molecule has 0 amide bonds.